The van der Waals surface area contributed by atoms with Crippen molar-refractivity contribution in [1.82, 2.24) is 9.88 Å². The van der Waals surface area contributed by atoms with E-state index in [4.69, 9.17) is 16.3 Å². The van der Waals surface area contributed by atoms with E-state index in [-0.39, 0.29) is 18.4 Å². The molecule has 1 aromatic heterocycles. The van der Waals surface area contributed by atoms with Crippen molar-refractivity contribution in [3.05, 3.63) is 28.9 Å². The van der Waals surface area contributed by atoms with Crippen LogP contribution >= 0.6 is 11.6 Å². The van der Waals surface area contributed by atoms with E-state index < -0.39 is 0 Å². The Morgan fingerprint density at radius 2 is 2.12 bits per heavy atom. The number of rotatable bonds is 4. The van der Waals surface area contributed by atoms with Crippen LogP contribution in [0.1, 0.15) is 29.8 Å². The van der Waals surface area contributed by atoms with Crippen LogP contribution in [-0.2, 0) is 4.74 Å². The van der Waals surface area contributed by atoms with Gasteiger partial charge in [0.25, 0.3) is 5.91 Å². The molecule has 2 saturated heterocycles. The molecule has 3 heterocycles. The van der Waals surface area contributed by atoms with Crippen molar-refractivity contribution in [1.29, 1.82) is 0 Å². The van der Waals surface area contributed by atoms with Crippen LogP contribution in [0.5, 0.6) is 0 Å². The number of carbonyl (C=O) groups is 1. The average Bonchev–Trinajstić information content (AvgIpc) is 3.29. The number of ether oxygens (including phenoxy) is 1. The van der Waals surface area contributed by atoms with Crippen LogP contribution in [0.15, 0.2) is 18.2 Å². The molecule has 7 heteroatoms. The van der Waals surface area contributed by atoms with Crippen molar-refractivity contribution in [2.24, 2.45) is 5.92 Å². The molecule has 0 bridgehead atoms. The van der Waals surface area contributed by atoms with Gasteiger partial charge >= 0.3 is 0 Å². The zero-order valence-electron chi connectivity index (χ0n) is 14.6. The molecule has 140 valence electrons. The smallest absolute Gasteiger partial charge is 0.270 e. The molecule has 0 unspecified atom stereocenters. The summed E-state index contributed by atoms with van der Waals surface area (Å²) in [7, 11) is 0. The quantitative estimate of drug-likeness (QED) is 0.765. The van der Waals surface area contributed by atoms with Crippen molar-refractivity contribution in [2.45, 2.75) is 25.3 Å². The zero-order chi connectivity index (χ0) is 18.1. The second kappa shape index (κ2) is 7.47. The number of aromatic amines is 1. The van der Waals surface area contributed by atoms with Gasteiger partial charge in [0.05, 0.1) is 11.2 Å². The van der Waals surface area contributed by atoms with Gasteiger partial charge in [0.15, 0.2) is 0 Å². The molecule has 0 saturated carbocycles. The Bertz CT molecular complexity index is 801. The SMILES string of the molecule is O=C(c1cc2cc(Cl)cc(NC3CCOCC3)c2[nH]1)N1CC[C@@H](CO)C1. The molecular weight excluding hydrogens is 354 g/mol. The Morgan fingerprint density at radius 3 is 2.85 bits per heavy atom. The second-order valence-electron chi connectivity index (χ2n) is 7.22. The van der Waals surface area contributed by atoms with Gasteiger partial charge in [0.1, 0.15) is 5.69 Å². The number of benzene rings is 1. The summed E-state index contributed by atoms with van der Waals surface area (Å²) in [6, 6.07) is 5.99. The lowest BCUT2D eigenvalue weighted by molar-refractivity contribution is 0.0777. The Hall–Kier alpha value is -1.76. The molecule has 3 N–H and O–H groups in total. The topological polar surface area (TPSA) is 77.6 Å². The predicted octanol–water partition coefficient (Wildman–Crippen LogP) is 2.87. The highest BCUT2D eigenvalue weighted by Crippen LogP contribution is 2.31. The maximum atomic E-state index is 12.8. The van der Waals surface area contributed by atoms with E-state index in [1.807, 2.05) is 18.2 Å². The number of hydrogen-bond donors (Lipinski definition) is 3. The summed E-state index contributed by atoms with van der Waals surface area (Å²) in [5, 5.41) is 14.4. The van der Waals surface area contributed by atoms with E-state index in [9.17, 15) is 9.90 Å². The van der Waals surface area contributed by atoms with E-state index >= 15 is 0 Å². The van der Waals surface area contributed by atoms with Gasteiger partial charge in [-0.1, -0.05) is 11.6 Å². The van der Waals surface area contributed by atoms with Crippen LogP contribution in [-0.4, -0.2) is 59.8 Å². The number of H-pyrrole nitrogens is 1. The first-order valence-electron chi connectivity index (χ1n) is 9.20. The van der Waals surface area contributed by atoms with Crippen LogP contribution in [0, 0.1) is 5.92 Å². The predicted molar refractivity (Wildman–Crippen MR) is 102 cm³/mol. The van der Waals surface area contributed by atoms with Crippen LogP contribution in [0.3, 0.4) is 0 Å². The lowest BCUT2D eigenvalue weighted by Gasteiger charge is -2.24. The number of halogens is 1. The third kappa shape index (κ3) is 3.54. The summed E-state index contributed by atoms with van der Waals surface area (Å²) in [6.07, 6.45) is 2.76. The first kappa shape index (κ1) is 17.6. The molecule has 2 aromatic rings. The van der Waals surface area contributed by atoms with Gasteiger partial charge in [-0.05, 0) is 37.5 Å². The Kier molecular flexibility index (Phi) is 5.07. The molecule has 2 fully saturated rings. The summed E-state index contributed by atoms with van der Waals surface area (Å²) in [6.45, 7) is 2.95. The number of aliphatic hydroxyl groups is 1. The summed E-state index contributed by atoms with van der Waals surface area (Å²) in [5.74, 6) is 0.161. The highest BCUT2D eigenvalue weighted by Gasteiger charge is 2.27. The number of amides is 1. The molecule has 1 atom stereocenters. The normalized spacial score (nSPS) is 21.5. The van der Waals surface area contributed by atoms with Crippen molar-refractivity contribution in [3.8, 4) is 0 Å². The highest BCUT2D eigenvalue weighted by atomic mass is 35.5. The van der Waals surface area contributed by atoms with Crippen LogP contribution in [0.2, 0.25) is 5.02 Å². The molecule has 26 heavy (non-hydrogen) atoms. The number of nitrogens with one attached hydrogen (secondary N) is 2. The number of aliphatic hydroxyl groups excluding tert-OH is 1. The van der Waals surface area contributed by atoms with Gasteiger partial charge in [0, 0.05) is 55.3 Å². The third-order valence-electron chi connectivity index (χ3n) is 5.34. The number of anilines is 1. The van der Waals surface area contributed by atoms with Crippen molar-refractivity contribution in [3.63, 3.8) is 0 Å². The maximum absolute atomic E-state index is 12.8. The van der Waals surface area contributed by atoms with Gasteiger partial charge < -0.3 is 25.0 Å². The molecule has 0 spiro atoms. The first-order chi connectivity index (χ1) is 12.6. The van der Waals surface area contributed by atoms with E-state index in [1.54, 1.807) is 4.90 Å². The number of hydrogen-bond acceptors (Lipinski definition) is 4. The fourth-order valence-corrected chi connectivity index (χ4v) is 4.06. The van der Waals surface area contributed by atoms with Gasteiger partial charge in [-0.2, -0.15) is 0 Å². The largest absolute Gasteiger partial charge is 0.396 e. The number of carbonyl (C=O) groups excluding carboxylic acids is 1. The van der Waals surface area contributed by atoms with E-state index in [0.29, 0.717) is 29.8 Å². The number of fused-ring (bicyclic) bond motifs is 1. The first-order valence-corrected chi connectivity index (χ1v) is 9.58. The molecule has 0 aliphatic carbocycles. The van der Waals surface area contributed by atoms with Crippen LogP contribution in [0.25, 0.3) is 10.9 Å². The van der Waals surface area contributed by atoms with Crippen molar-refractivity contribution < 1.29 is 14.6 Å². The number of aromatic nitrogens is 1. The summed E-state index contributed by atoms with van der Waals surface area (Å²) in [4.78, 5) is 17.9. The third-order valence-corrected chi connectivity index (χ3v) is 5.55. The zero-order valence-corrected chi connectivity index (χ0v) is 15.4. The van der Waals surface area contributed by atoms with Crippen LogP contribution in [0.4, 0.5) is 5.69 Å². The summed E-state index contributed by atoms with van der Waals surface area (Å²) < 4.78 is 5.42. The Morgan fingerprint density at radius 1 is 1.31 bits per heavy atom. The van der Waals surface area contributed by atoms with E-state index in [1.165, 1.54) is 0 Å². The standard InChI is InChI=1S/C19H24ClN3O3/c20-14-7-13-8-17(19(25)23-4-1-12(10-23)11-24)22-18(13)16(9-14)21-15-2-5-26-6-3-15/h7-9,12,15,21-22,24H,1-6,10-11H2/t12-/m1/s1. The molecule has 2 aliphatic heterocycles. The molecule has 2 aliphatic rings. The van der Waals surface area contributed by atoms with Gasteiger partial charge in [-0.15, -0.1) is 0 Å². The minimum atomic E-state index is -0.0229. The fraction of sp³-hybridized carbons (Fsp3) is 0.526. The molecule has 1 aromatic carbocycles. The van der Waals surface area contributed by atoms with Gasteiger partial charge in [-0.3, -0.25) is 4.79 Å². The fourth-order valence-electron chi connectivity index (χ4n) is 3.83. The average molecular weight is 378 g/mol. The van der Waals surface area contributed by atoms with Crippen molar-refractivity contribution in [2.75, 3.05) is 38.2 Å². The molecule has 1 amide bonds. The Balaban J connectivity index is 1.59. The highest BCUT2D eigenvalue weighted by molar-refractivity contribution is 6.32. The van der Waals surface area contributed by atoms with Crippen molar-refractivity contribution >= 4 is 34.1 Å². The monoisotopic (exact) mass is 377 g/mol. The lowest BCUT2D eigenvalue weighted by atomic mass is 10.1. The second-order valence-corrected chi connectivity index (χ2v) is 7.66. The van der Waals surface area contributed by atoms with Gasteiger partial charge in [0.2, 0.25) is 0 Å². The van der Waals surface area contributed by atoms with E-state index in [2.05, 4.69) is 10.3 Å². The number of likely N-dealkylation sites (tertiary alicyclic amines) is 1. The minimum absolute atomic E-state index is 0.0229. The van der Waals surface area contributed by atoms with Crippen LogP contribution < -0.4 is 5.32 Å². The molecule has 4 rings (SSSR count). The van der Waals surface area contributed by atoms with Gasteiger partial charge in [-0.25, -0.2) is 0 Å². The minimum Gasteiger partial charge on any atom is -0.396 e. The summed E-state index contributed by atoms with van der Waals surface area (Å²) >= 11 is 6.29. The summed E-state index contributed by atoms with van der Waals surface area (Å²) in [5.41, 5.74) is 2.39. The number of nitrogens with zero attached hydrogens (tertiary/aromatic N) is 1. The van der Waals surface area contributed by atoms with E-state index in [0.717, 1.165) is 49.1 Å². The molecule has 0 radical (unpaired) electrons. The molecular formula is C19H24ClN3O3. The maximum Gasteiger partial charge on any atom is 0.270 e. The lowest BCUT2D eigenvalue weighted by Crippen LogP contribution is -2.29. The molecule has 6 nitrogen and oxygen atoms in total. The Labute approximate surface area is 157 Å².